The van der Waals surface area contributed by atoms with Gasteiger partial charge in [-0.05, 0) is 24.5 Å². The highest BCUT2D eigenvalue weighted by Crippen LogP contribution is 2.32. The van der Waals surface area contributed by atoms with E-state index in [2.05, 4.69) is 16.3 Å². The summed E-state index contributed by atoms with van der Waals surface area (Å²) in [5, 5.41) is 15.9. The fourth-order valence-electron chi connectivity index (χ4n) is 2.46. The molecule has 1 aromatic heterocycles. The number of fused-ring (bicyclic) bond motifs is 1. The Morgan fingerprint density at radius 1 is 1.40 bits per heavy atom. The SMILES string of the molecule is O=C(O)c1cc(N2CCCc3ccccc32)n[nH]c1=S. The molecule has 2 aromatic rings. The van der Waals surface area contributed by atoms with Crippen molar-refractivity contribution in [3.8, 4) is 0 Å². The Morgan fingerprint density at radius 3 is 3.00 bits per heavy atom. The molecular weight excluding hydrogens is 274 g/mol. The first-order chi connectivity index (χ1) is 9.66. The van der Waals surface area contributed by atoms with Crippen molar-refractivity contribution in [3.63, 3.8) is 0 Å². The smallest absolute Gasteiger partial charge is 0.338 e. The lowest BCUT2D eigenvalue weighted by molar-refractivity contribution is 0.0695. The van der Waals surface area contributed by atoms with Gasteiger partial charge in [-0.25, -0.2) is 4.79 Å². The van der Waals surface area contributed by atoms with Gasteiger partial charge < -0.3 is 10.0 Å². The van der Waals surface area contributed by atoms with E-state index < -0.39 is 5.97 Å². The van der Waals surface area contributed by atoms with Gasteiger partial charge in [0.1, 0.15) is 4.64 Å². The summed E-state index contributed by atoms with van der Waals surface area (Å²) in [5.41, 5.74) is 2.40. The summed E-state index contributed by atoms with van der Waals surface area (Å²) in [5.74, 6) is -0.455. The molecule has 2 heterocycles. The zero-order valence-corrected chi connectivity index (χ0v) is 11.5. The largest absolute Gasteiger partial charge is 0.478 e. The molecular formula is C14H13N3O2S. The Balaban J connectivity index is 2.09. The number of hydrogen-bond acceptors (Lipinski definition) is 4. The van der Waals surface area contributed by atoms with E-state index in [9.17, 15) is 4.79 Å². The second kappa shape index (κ2) is 5.05. The minimum Gasteiger partial charge on any atom is -0.478 e. The number of carbonyl (C=O) groups is 1. The zero-order valence-electron chi connectivity index (χ0n) is 10.7. The molecule has 0 atom stereocenters. The van der Waals surface area contributed by atoms with Crippen LogP contribution >= 0.6 is 12.2 Å². The molecule has 0 bridgehead atoms. The molecule has 20 heavy (non-hydrogen) atoms. The summed E-state index contributed by atoms with van der Waals surface area (Å²) in [7, 11) is 0. The molecule has 1 aliphatic heterocycles. The number of rotatable bonds is 2. The number of nitrogens with zero attached hydrogens (tertiary/aromatic N) is 2. The van der Waals surface area contributed by atoms with Crippen LogP contribution in [0.3, 0.4) is 0 Å². The van der Waals surface area contributed by atoms with Crippen LogP contribution in [0.15, 0.2) is 30.3 Å². The summed E-state index contributed by atoms with van der Waals surface area (Å²) in [6.45, 7) is 0.813. The van der Waals surface area contributed by atoms with Crippen LogP contribution in [0.5, 0.6) is 0 Å². The third-order valence-electron chi connectivity index (χ3n) is 3.41. The van der Waals surface area contributed by atoms with Crippen LogP contribution in [-0.4, -0.2) is 27.8 Å². The van der Waals surface area contributed by atoms with Gasteiger partial charge >= 0.3 is 5.97 Å². The third kappa shape index (κ3) is 2.18. The van der Waals surface area contributed by atoms with Crippen molar-refractivity contribution in [2.24, 2.45) is 0 Å². The number of aryl methyl sites for hydroxylation is 1. The number of aromatic amines is 1. The first kappa shape index (κ1) is 12.8. The molecule has 6 heteroatoms. The van der Waals surface area contributed by atoms with Crippen LogP contribution in [-0.2, 0) is 6.42 Å². The van der Waals surface area contributed by atoms with E-state index in [0.717, 1.165) is 25.1 Å². The number of carboxylic acid groups (broad SMARTS) is 1. The van der Waals surface area contributed by atoms with Gasteiger partial charge in [-0.15, -0.1) is 0 Å². The molecule has 0 saturated heterocycles. The topological polar surface area (TPSA) is 69.2 Å². The molecule has 0 unspecified atom stereocenters. The Morgan fingerprint density at radius 2 is 2.20 bits per heavy atom. The van der Waals surface area contributed by atoms with Crippen LogP contribution in [0.25, 0.3) is 0 Å². The van der Waals surface area contributed by atoms with Crippen LogP contribution in [0.2, 0.25) is 0 Å². The molecule has 0 fully saturated rings. The molecule has 0 aliphatic carbocycles. The number of H-pyrrole nitrogens is 1. The van der Waals surface area contributed by atoms with Crippen molar-refractivity contribution >= 4 is 29.7 Å². The number of nitrogens with one attached hydrogen (secondary N) is 1. The quantitative estimate of drug-likeness (QED) is 0.831. The highest BCUT2D eigenvalue weighted by molar-refractivity contribution is 7.71. The molecule has 2 N–H and O–H groups in total. The van der Waals surface area contributed by atoms with Crippen molar-refractivity contribution in [1.82, 2.24) is 10.2 Å². The fourth-order valence-corrected chi connectivity index (χ4v) is 2.66. The maximum Gasteiger partial charge on any atom is 0.338 e. The summed E-state index contributed by atoms with van der Waals surface area (Å²) in [4.78, 5) is 13.2. The molecule has 0 spiro atoms. The molecule has 1 aromatic carbocycles. The molecule has 1 aliphatic rings. The summed E-state index contributed by atoms with van der Waals surface area (Å²) in [6.07, 6.45) is 2.04. The van der Waals surface area contributed by atoms with E-state index in [1.165, 1.54) is 11.6 Å². The van der Waals surface area contributed by atoms with E-state index in [0.29, 0.717) is 5.82 Å². The predicted octanol–water partition coefficient (Wildman–Crippen LogP) is 2.92. The second-order valence-electron chi connectivity index (χ2n) is 4.66. The van der Waals surface area contributed by atoms with Crippen molar-refractivity contribution in [2.75, 3.05) is 11.4 Å². The first-order valence-electron chi connectivity index (χ1n) is 6.35. The van der Waals surface area contributed by atoms with Gasteiger partial charge in [0.2, 0.25) is 0 Å². The van der Waals surface area contributed by atoms with Gasteiger partial charge in [0.15, 0.2) is 5.82 Å². The number of benzene rings is 1. The monoisotopic (exact) mass is 287 g/mol. The van der Waals surface area contributed by atoms with E-state index in [4.69, 9.17) is 17.3 Å². The minimum absolute atomic E-state index is 0.0769. The maximum atomic E-state index is 11.2. The average molecular weight is 287 g/mol. The van der Waals surface area contributed by atoms with Gasteiger partial charge in [0.25, 0.3) is 0 Å². The van der Waals surface area contributed by atoms with Crippen LogP contribution in [0.4, 0.5) is 11.5 Å². The van der Waals surface area contributed by atoms with E-state index >= 15 is 0 Å². The Bertz CT molecular complexity index is 726. The predicted molar refractivity (Wildman–Crippen MR) is 78.2 cm³/mol. The summed E-state index contributed by atoms with van der Waals surface area (Å²) in [6, 6.07) is 9.63. The van der Waals surface area contributed by atoms with Gasteiger partial charge in [0.05, 0.1) is 5.56 Å². The van der Waals surface area contributed by atoms with Crippen molar-refractivity contribution < 1.29 is 9.90 Å². The third-order valence-corrected chi connectivity index (χ3v) is 3.72. The summed E-state index contributed by atoms with van der Waals surface area (Å²) < 4.78 is 0.145. The number of hydrogen-bond donors (Lipinski definition) is 2. The van der Waals surface area contributed by atoms with E-state index in [-0.39, 0.29) is 10.2 Å². The Kier molecular flexibility index (Phi) is 3.23. The lowest BCUT2D eigenvalue weighted by atomic mass is 10.0. The van der Waals surface area contributed by atoms with Crippen LogP contribution in [0, 0.1) is 4.64 Å². The number of aromatic carboxylic acids is 1. The second-order valence-corrected chi connectivity index (χ2v) is 5.07. The number of para-hydroxylation sites is 1. The molecule has 0 radical (unpaired) electrons. The van der Waals surface area contributed by atoms with Gasteiger partial charge in [-0.3, -0.25) is 5.10 Å². The molecule has 0 amide bonds. The van der Waals surface area contributed by atoms with Crippen molar-refractivity contribution in [2.45, 2.75) is 12.8 Å². The van der Waals surface area contributed by atoms with Crippen molar-refractivity contribution in [1.29, 1.82) is 0 Å². The fraction of sp³-hybridized carbons (Fsp3) is 0.214. The maximum absolute atomic E-state index is 11.2. The van der Waals surface area contributed by atoms with Crippen molar-refractivity contribution in [3.05, 3.63) is 46.1 Å². The van der Waals surface area contributed by atoms with Gasteiger partial charge in [0, 0.05) is 18.3 Å². The van der Waals surface area contributed by atoms with E-state index in [1.54, 1.807) is 0 Å². The molecule has 102 valence electrons. The van der Waals surface area contributed by atoms with Crippen LogP contribution in [0.1, 0.15) is 22.3 Å². The number of carboxylic acids is 1. The summed E-state index contributed by atoms with van der Waals surface area (Å²) >= 11 is 4.95. The highest BCUT2D eigenvalue weighted by Gasteiger charge is 2.20. The lowest BCUT2D eigenvalue weighted by Gasteiger charge is -2.30. The number of anilines is 2. The Hall–Kier alpha value is -2.21. The molecule has 3 rings (SSSR count). The van der Waals surface area contributed by atoms with Crippen LogP contribution < -0.4 is 4.90 Å². The standard InChI is InChI=1S/C14H13N3O2S/c18-14(19)10-8-12(15-16-13(10)20)17-7-3-5-9-4-1-2-6-11(9)17/h1-2,4,6,8H,3,5,7H2,(H,16,20)(H,18,19). The van der Waals surface area contributed by atoms with E-state index in [1.807, 2.05) is 23.1 Å². The minimum atomic E-state index is -1.04. The van der Waals surface area contributed by atoms with Gasteiger partial charge in [-0.1, -0.05) is 30.4 Å². The zero-order chi connectivity index (χ0) is 14.1. The normalized spacial score (nSPS) is 13.9. The highest BCUT2D eigenvalue weighted by atomic mass is 32.1. The van der Waals surface area contributed by atoms with Gasteiger partial charge in [-0.2, -0.15) is 5.10 Å². The average Bonchev–Trinajstić information content (AvgIpc) is 2.47. The molecule has 0 saturated carbocycles. The molecule has 5 nitrogen and oxygen atoms in total. The number of aromatic nitrogens is 2. The lowest BCUT2D eigenvalue weighted by Crippen LogP contribution is -2.25. The first-order valence-corrected chi connectivity index (χ1v) is 6.76. The Labute approximate surface area is 120 Å².